The maximum absolute atomic E-state index is 13.8. The van der Waals surface area contributed by atoms with Crippen LogP contribution in [0.3, 0.4) is 0 Å². The zero-order chi connectivity index (χ0) is 26.9. The quantitative estimate of drug-likeness (QED) is 0.345. The molecule has 0 bridgehead atoms. The van der Waals surface area contributed by atoms with Crippen LogP contribution in [0, 0.1) is 12.8 Å². The van der Waals surface area contributed by atoms with E-state index in [0.29, 0.717) is 40.2 Å². The molecular formula is C28H27ClN8O2. The van der Waals surface area contributed by atoms with Crippen LogP contribution >= 0.6 is 11.6 Å². The molecular weight excluding hydrogens is 516 g/mol. The van der Waals surface area contributed by atoms with Crippen LogP contribution < -0.4 is 11.0 Å². The smallest absolute Gasteiger partial charge is 0.333 e. The van der Waals surface area contributed by atoms with E-state index in [4.69, 9.17) is 11.6 Å². The Labute approximate surface area is 229 Å². The van der Waals surface area contributed by atoms with E-state index < -0.39 is 0 Å². The van der Waals surface area contributed by atoms with Crippen molar-refractivity contribution < 1.29 is 4.79 Å². The van der Waals surface area contributed by atoms with Crippen LogP contribution in [0.25, 0.3) is 22.5 Å². The third kappa shape index (κ3) is 4.95. The fourth-order valence-corrected chi connectivity index (χ4v) is 5.53. The number of hydrogen-bond donors (Lipinski definition) is 1. The van der Waals surface area contributed by atoms with Gasteiger partial charge in [-0.05, 0) is 62.8 Å². The van der Waals surface area contributed by atoms with Crippen LogP contribution in [-0.2, 0) is 6.54 Å². The third-order valence-electron chi connectivity index (χ3n) is 7.37. The zero-order valence-corrected chi connectivity index (χ0v) is 22.1. The Balaban J connectivity index is 1.20. The van der Waals surface area contributed by atoms with Crippen molar-refractivity contribution in [3.63, 3.8) is 0 Å². The lowest BCUT2D eigenvalue weighted by atomic mass is 9.85. The lowest BCUT2D eigenvalue weighted by molar-refractivity contribution is 0.0919. The first kappa shape index (κ1) is 25.0. The number of amides is 1. The number of aromatic nitrogens is 7. The molecule has 4 heterocycles. The molecule has 1 saturated carbocycles. The summed E-state index contributed by atoms with van der Waals surface area (Å²) in [7, 11) is 0. The molecule has 11 heteroatoms. The van der Waals surface area contributed by atoms with Gasteiger partial charge < -0.3 is 5.32 Å². The Morgan fingerprint density at radius 1 is 1.00 bits per heavy atom. The van der Waals surface area contributed by atoms with E-state index in [0.717, 1.165) is 36.7 Å². The summed E-state index contributed by atoms with van der Waals surface area (Å²) in [6.45, 7) is 2.42. The number of pyridine rings is 2. The summed E-state index contributed by atoms with van der Waals surface area (Å²) in [5, 5.41) is 11.9. The van der Waals surface area contributed by atoms with Crippen molar-refractivity contribution in [2.75, 3.05) is 0 Å². The van der Waals surface area contributed by atoms with Gasteiger partial charge in [0, 0.05) is 31.0 Å². The van der Waals surface area contributed by atoms with Crippen LogP contribution in [0.5, 0.6) is 0 Å². The minimum absolute atomic E-state index is 0.0799. The number of fused-ring (bicyclic) bond motifs is 1. The highest BCUT2D eigenvalue weighted by atomic mass is 35.5. The summed E-state index contributed by atoms with van der Waals surface area (Å²) in [5.41, 5.74) is 3.49. The molecule has 39 heavy (non-hydrogen) atoms. The number of carbonyl (C=O) groups is 1. The molecule has 198 valence electrons. The van der Waals surface area contributed by atoms with E-state index in [-0.39, 0.29) is 17.6 Å². The first-order chi connectivity index (χ1) is 19.0. The molecule has 6 rings (SSSR count). The Morgan fingerprint density at radius 3 is 2.51 bits per heavy atom. The second-order valence-corrected chi connectivity index (χ2v) is 10.3. The Hall–Kier alpha value is -4.31. The van der Waals surface area contributed by atoms with Crippen LogP contribution in [0.4, 0.5) is 0 Å². The van der Waals surface area contributed by atoms with E-state index in [1.807, 2.05) is 41.0 Å². The number of carbonyl (C=O) groups excluding carboxylic acids is 1. The Morgan fingerprint density at radius 2 is 1.74 bits per heavy atom. The number of imidazole rings is 1. The number of halogens is 1. The van der Waals surface area contributed by atoms with Gasteiger partial charge in [0.05, 0.1) is 45.4 Å². The van der Waals surface area contributed by atoms with E-state index in [9.17, 15) is 9.59 Å². The van der Waals surface area contributed by atoms with Crippen LogP contribution in [-0.4, -0.2) is 46.0 Å². The van der Waals surface area contributed by atoms with Crippen molar-refractivity contribution in [2.45, 2.75) is 45.2 Å². The molecule has 0 atom stereocenters. The van der Waals surface area contributed by atoms with Crippen LogP contribution in [0.15, 0.2) is 72.0 Å². The number of rotatable bonds is 6. The molecule has 0 aliphatic heterocycles. The first-order valence-corrected chi connectivity index (χ1v) is 13.3. The standard InChI is InChI=1S/C28H27ClN8O2/c1-18-23(14-20(29)16-31-18)27(38)34-21-8-6-19(7-9-21)17-35-24-4-2-3-5-25(24)36(28(35)39)22-10-11-30-26(15-22)37-32-12-13-33-37/h2-5,10-16,19,21H,6-9,17H2,1H3,(H,34,38). The molecule has 1 N–H and O–H groups in total. The van der Waals surface area contributed by atoms with Crippen molar-refractivity contribution >= 4 is 28.5 Å². The van der Waals surface area contributed by atoms with Crippen LogP contribution in [0.1, 0.15) is 41.7 Å². The summed E-state index contributed by atoms with van der Waals surface area (Å²) in [6, 6.07) is 13.2. The molecule has 0 spiro atoms. The molecule has 4 aromatic heterocycles. The van der Waals surface area contributed by atoms with E-state index in [1.54, 1.807) is 42.3 Å². The molecule has 1 aromatic carbocycles. The summed E-state index contributed by atoms with van der Waals surface area (Å²) >= 11 is 6.04. The fourth-order valence-electron chi connectivity index (χ4n) is 5.37. The molecule has 0 radical (unpaired) electrons. The minimum Gasteiger partial charge on any atom is -0.349 e. The number of aryl methyl sites for hydroxylation is 1. The topological polar surface area (TPSA) is 113 Å². The Bertz CT molecular complexity index is 1700. The van der Waals surface area contributed by atoms with Crippen molar-refractivity contribution in [2.24, 2.45) is 5.92 Å². The van der Waals surface area contributed by atoms with Gasteiger partial charge >= 0.3 is 5.69 Å². The van der Waals surface area contributed by atoms with Crippen molar-refractivity contribution in [3.05, 3.63) is 94.0 Å². The Kier molecular flexibility index (Phi) is 6.70. The van der Waals surface area contributed by atoms with Crippen LogP contribution in [0.2, 0.25) is 5.02 Å². The molecule has 0 saturated heterocycles. The third-order valence-corrected chi connectivity index (χ3v) is 7.57. The highest BCUT2D eigenvalue weighted by Crippen LogP contribution is 2.28. The maximum atomic E-state index is 13.8. The highest BCUT2D eigenvalue weighted by Gasteiger charge is 2.26. The van der Waals surface area contributed by atoms with Gasteiger partial charge in [-0.15, -0.1) is 4.80 Å². The van der Waals surface area contributed by atoms with Gasteiger partial charge in [-0.1, -0.05) is 23.7 Å². The SMILES string of the molecule is Cc1ncc(Cl)cc1C(=O)NC1CCC(Cn2c(=O)n(-c3ccnc(-n4nccn4)c3)c3ccccc32)CC1. The summed E-state index contributed by atoms with van der Waals surface area (Å²) in [6.07, 6.45) is 9.89. The molecule has 0 unspecified atom stereocenters. The monoisotopic (exact) mass is 542 g/mol. The number of para-hydroxylation sites is 2. The normalized spacial score (nSPS) is 17.4. The van der Waals surface area contributed by atoms with Crippen molar-refractivity contribution in [1.29, 1.82) is 0 Å². The van der Waals surface area contributed by atoms with E-state index in [1.165, 1.54) is 4.80 Å². The number of hydrogen-bond acceptors (Lipinski definition) is 6. The number of nitrogens with one attached hydrogen (secondary N) is 1. The van der Waals surface area contributed by atoms with Gasteiger partial charge in [0.15, 0.2) is 5.82 Å². The maximum Gasteiger partial charge on any atom is 0.333 e. The molecule has 1 aliphatic rings. The minimum atomic E-state index is -0.146. The highest BCUT2D eigenvalue weighted by molar-refractivity contribution is 6.30. The molecule has 5 aromatic rings. The lowest BCUT2D eigenvalue weighted by Crippen LogP contribution is -2.39. The molecule has 1 fully saturated rings. The van der Waals surface area contributed by atoms with Gasteiger partial charge in [-0.25, -0.2) is 9.78 Å². The predicted molar refractivity (Wildman–Crippen MR) is 147 cm³/mol. The van der Waals surface area contributed by atoms with E-state index in [2.05, 4.69) is 25.5 Å². The zero-order valence-electron chi connectivity index (χ0n) is 21.4. The average molecular weight is 543 g/mol. The van der Waals surface area contributed by atoms with Gasteiger partial charge in [0.25, 0.3) is 5.91 Å². The molecule has 1 aliphatic carbocycles. The van der Waals surface area contributed by atoms with Crippen molar-refractivity contribution in [3.8, 4) is 11.5 Å². The summed E-state index contributed by atoms with van der Waals surface area (Å²) in [5.74, 6) is 0.712. The predicted octanol–water partition coefficient (Wildman–Crippen LogP) is 4.11. The fraction of sp³-hybridized carbons (Fsp3) is 0.286. The van der Waals surface area contributed by atoms with Gasteiger partial charge in [-0.3, -0.25) is 18.9 Å². The number of nitrogens with zero attached hydrogens (tertiary/aromatic N) is 7. The molecule has 10 nitrogen and oxygen atoms in total. The second-order valence-electron chi connectivity index (χ2n) is 9.89. The second kappa shape index (κ2) is 10.5. The largest absolute Gasteiger partial charge is 0.349 e. The lowest BCUT2D eigenvalue weighted by Gasteiger charge is -2.29. The molecule has 1 amide bonds. The van der Waals surface area contributed by atoms with E-state index >= 15 is 0 Å². The number of benzene rings is 1. The average Bonchev–Trinajstić information content (AvgIpc) is 3.58. The summed E-state index contributed by atoms with van der Waals surface area (Å²) in [4.78, 5) is 36.6. The van der Waals surface area contributed by atoms with Crippen molar-refractivity contribution in [1.82, 2.24) is 39.4 Å². The first-order valence-electron chi connectivity index (χ1n) is 12.9. The summed E-state index contributed by atoms with van der Waals surface area (Å²) < 4.78 is 3.59. The van der Waals surface area contributed by atoms with Gasteiger partial charge in [-0.2, -0.15) is 10.2 Å². The van der Waals surface area contributed by atoms with Gasteiger partial charge in [0.2, 0.25) is 0 Å². The van der Waals surface area contributed by atoms with Gasteiger partial charge in [0.1, 0.15) is 0 Å².